The summed E-state index contributed by atoms with van der Waals surface area (Å²) < 4.78 is 30.5. The van der Waals surface area contributed by atoms with Crippen LogP contribution < -0.4 is 13.8 Å². The van der Waals surface area contributed by atoms with Crippen molar-refractivity contribution >= 4 is 10.3 Å². The van der Waals surface area contributed by atoms with Crippen molar-refractivity contribution in [2.75, 3.05) is 7.11 Å². The van der Waals surface area contributed by atoms with Crippen molar-refractivity contribution in [3.8, 4) is 11.5 Å². The van der Waals surface area contributed by atoms with E-state index in [1.807, 2.05) is 0 Å². The topological polar surface area (TPSA) is 86.9 Å². The van der Waals surface area contributed by atoms with E-state index >= 15 is 0 Å². The highest BCUT2D eigenvalue weighted by molar-refractivity contribution is 7.84. The zero-order valence-corrected chi connectivity index (χ0v) is 8.06. The Kier molecular flexibility index (Phi) is 3.28. The molecule has 0 aliphatic heterocycles. The van der Waals surface area contributed by atoms with Crippen LogP contribution in [0.15, 0.2) is 24.3 Å². The van der Waals surface area contributed by atoms with Gasteiger partial charge in [0.15, 0.2) is 0 Å². The maximum atomic E-state index is 10.7. The molecule has 0 heterocycles. The van der Waals surface area contributed by atoms with Crippen LogP contribution >= 0.6 is 0 Å². The van der Waals surface area contributed by atoms with Crippen LogP contribution in [0.5, 0.6) is 11.5 Å². The highest BCUT2D eigenvalue weighted by Gasteiger charge is 2.12. The van der Waals surface area contributed by atoms with E-state index in [1.165, 1.54) is 31.4 Å². The molecule has 0 saturated carbocycles. The van der Waals surface area contributed by atoms with Crippen molar-refractivity contribution in [2.24, 2.45) is 0 Å². The lowest BCUT2D eigenvalue weighted by atomic mass is 10.3. The highest BCUT2D eigenvalue weighted by Crippen LogP contribution is 2.17. The number of methoxy groups -OCH3 is 1. The van der Waals surface area contributed by atoms with Gasteiger partial charge in [0, 0.05) is 0 Å². The largest absolute Gasteiger partial charge is 0.497 e. The summed E-state index contributed by atoms with van der Waals surface area (Å²) >= 11 is 0. The molecule has 6 nitrogen and oxygen atoms in total. The highest BCUT2D eigenvalue weighted by atomic mass is 32.2. The van der Waals surface area contributed by atoms with E-state index in [2.05, 4.69) is 9.07 Å². The molecule has 0 aliphatic rings. The zero-order valence-electron chi connectivity index (χ0n) is 7.25. The van der Waals surface area contributed by atoms with Gasteiger partial charge in [0.1, 0.15) is 11.5 Å². The lowest BCUT2D eigenvalue weighted by Gasteiger charge is -2.03. The lowest BCUT2D eigenvalue weighted by Crippen LogP contribution is -2.18. The molecule has 0 aliphatic carbocycles. The molecule has 1 radical (unpaired) electrons. The minimum Gasteiger partial charge on any atom is -0.497 e. The molecule has 77 valence electrons. The molecule has 0 atom stereocenters. The predicted octanol–water partition coefficient (Wildman–Crippen LogP) is 0.312. The van der Waals surface area contributed by atoms with Gasteiger partial charge < -0.3 is 8.92 Å². The van der Waals surface area contributed by atoms with Crippen LogP contribution in [0.3, 0.4) is 0 Å². The van der Waals surface area contributed by atoms with E-state index in [0.29, 0.717) is 5.75 Å². The molecule has 0 bridgehead atoms. The molecule has 7 heteroatoms. The lowest BCUT2D eigenvalue weighted by molar-refractivity contribution is 0.219. The molecule has 14 heavy (non-hydrogen) atoms. The molecule has 1 aromatic carbocycles. The average Bonchev–Trinajstić information content (AvgIpc) is 2.19. The van der Waals surface area contributed by atoms with E-state index < -0.39 is 10.3 Å². The van der Waals surface area contributed by atoms with E-state index in [9.17, 15) is 8.42 Å². The molecule has 0 unspecified atom stereocenters. The number of rotatable bonds is 4. The minimum absolute atomic E-state index is 0.0450. The van der Waals surface area contributed by atoms with Crippen LogP contribution in [0.25, 0.3) is 0 Å². The molecule has 1 rings (SSSR count). The van der Waals surface area contributed by atoms with E-state index in [1.54, 1.807) is 0 Å². The quantitative estimate of drug-likeness (QED) is 0.735. The van der Waals surface area contributed by atoms with Gasteiger partial charge in [-0.15, -0.1) is 0 Å². The van der Waals surface area contributed by atoms with Crippen LogP contribution in [0.1, 0.15) is 0 Å². The number of nitrogens with zero attached hydrogens (tertiary/aromatic N) is 1. The second-order valence-corrected chi connectivity index (χ2v) is 3.45. The molecule has 1 aromatic rings. The SMILES string of the molecule is COc1ccc(OS(=O)(=O)[N]O)cc1. The van der Waals surface area contributed by atoms with Crippen LogP contribution in [-0.2, 0) is 10.3 Å². The summed E-state index contributed by atoms with van der Waals surface area (Å²) in [4.78, 5) is 2.08. The Hall–Kier alpha value is -1.31. The summed E-state index contributed by atoms with van der Waals surface area (Å²) in [5, 5.41) is 8.04. The summed E-state index contributed by atoms with van der Waals surface area (Å²) in [7, 11) is -2.77. The molecular formula is C7H8NO5S. The van der Waals surface area contributed by atoms with Gasteiger partial charge in [-0.3, -0.25) is 5.21 Å². The summed E-state index contributed by atoms with van der Waals surface area (Å²) in [6.07, 6.45) is 0. The van der Waals surface area contributed by atoms with Gasteiger partial charge in [-0.25, -0.2) is 0 Å². The average molecular weight is 218 g/mol. The fourth-order valence-corrected chi connectivity index (χ4v) is 1.16. The monoisotopic (exact) mass is 218 g/mol. The third-order valence-corrected chi connectivity index (χ3v) is 1.96. The van der Waals surface area contributed by atoms with Gasteiger partial charge in [-0.2, -0.15) is 8.42 Å². The van der Waals surface area contributed by atoms with Crippen LogP contribution in [0.2, 0.25) is 0 Å². The van der Waals surface area contributed by atoms with Gasteiger partial charge in [0.25, 0.3) is 0 Å². The Morgan fingerprint density at radius 3 is 2.14 bits per heavy atom. The Morgan fingerprint density at radius 1 is 1.21 bits per heavy atom. The van der Waals surface area contributed by atoms with Gasteiger partial charge in [-0.1, -0.05) is 0 Å². The van der Waals surface area contributed by atoms with Crippen LogP contribution in [-0.4, -0.2) is 20.7 Å². The van der Waals surface area contributed by atoms with E-state index in [4.69, 9.17) is 9.94 Å². The number of hydrogen-bond donors (Lipinski definition) is 1. The maximum Gasteiger partial charge on any atom is 0.424 e. The normalized spacial score (nSPS) is 11.0. The Morgan fingerprint density at radius 2 is 1.71 bits per heavy atom. The van der Waals surface area contributed by atoms with Crippen molar-refractivity contribution in [1.29, 1.82) is 0 Å². The van der Waals surface area contributed by atoms with E-state index in [-0.39, 0.29) is 5.75 Å². The molecule has 0 saturated heterocycles. The molecule has 0 aromatic heterocycles. The van der Waals surface area contributed by atoms with Crippen molar-refractivity contribution in [3.05, 3.63) is 24.3 Å². The van der Waals surface area contributed by atoms with Crippen molar-refractivity contribution in [1.82, 2.24) is 4.89 Å². The molecule has 1 N–H and O–H groups in total. The molecule has 0 amide bonds. The summed E-state index contributed by atoms with van der Waals surface area (Å²) in [6.45, 7) is 0. The molecule has 0 spiro atoms. The van der Waals surface area contributed by atoms with Gasteiger partial charge in [-0.05, 0) is 24.3 Å². The fourth-order valence-electron chi connectivity index (χ4n) is 0.770. The Bertz CT molecular complexity index is 385. The molecular weight excluding hydrogens is 210 g/mol. The first-order valence-electron chi connectivity index (χ1n) is 3.52. The summed E-state index contributed by atoms with van der Waals surface area (Å²) in [5.41, 5.74) is 0. The van der Waals surface area contributed by atoms with Crippen LogP contribution in [0, 0.1) is 0 Å². The van der Waals surface area contributed by atoms with Gasteiger partial charge >= 0.3 is 10.3 Å². The third kappa shape index (κ3) is 2.87. The predicted molar refractivity (Wildman–Crippen MR) is 46.5 cm³/mol. The van der Waals surface area contributed by atoms with Gasteiger partial charge in [0.2, 0.25) is 0 Å². The number of benzene rings is 1. The smallest absolute Gasteiger partial charge is 0.424 e. The first kappa shape index (κ1) is 10.8. The second kappa shape index (κ2) is 4.27. The van der Waals surface area contributed by atoms with Crippen molar-refractivity contribution in [2.45, 2.75) is 0 Å². The number of ether oxygens (including phenoxy) is 1. The Balaban J connectivity index is 2.79. The summed E-state index contributed by atoms with van der Waals surface area (Å²) in [5.74, 6) is 0.610. The molecule has 0 fully saturated rings. The summed E-state index contributed by atoms with van der Waals surface area (Å²) in [6, 6.07) is 5.79. The fraction of sp³-hybridized carbons (Fsp3) is 0.143. The Labute approximate surface area is 81.3 Å². The minimum atomic E-state index is -4.25. The third-order valence-electron chi connectivity index (χ3n) is 1.36. The van der Waals surface area contributed by atoms with Crippen LogP contribution in [0.4, 0.5) is 0 Å². The first-order chi connectivity index (χ1) is 6.57. The van der Waals surface area contributed by atoms with Crippen molar-refractivity contribution in [3.63, 3.8) is 0 Å². The van der Waals surface area contributed by atoms with E-state index in [0.717, 1.165) is 0 Å². The van der Waals surface area contributed by atoms with Gasteiger partial charge in [0.05, 0.1) is 12.0 Å². The maximum absolute atomic E-state index is 10.7. The van der Waals surface area contributed by atoms with Crippen molar-refractivity contribution < 1.29 is 22.5 Å². The first-order valence-corrected chi connectivity index (χ1v) is 4.89. The second-order valence-electron chi connectivity index (χ2n) is 2.27. The zero-order chi connectivity index (χ0) is 10.6. The number of hydrogen-bond acceptors (Lipinski definition) is 5. The standard InChI is InChI=1S/C7H8NO5S/c1-12-6-2-4-7(5-3-6)13-14(10,11)8-9/h2-5,9H,1H3.